The number of hydrogen-bond donors (Lipinski definition) is 5. The molecule has 31 heavy (non-hydrogen) atoms. The molecule has 0 aliphatic carbocycles. The van der Waals surface area contributed by atoms with Gasteiger partial charge in [0.1, 0.15) is 29.3 Å². The number of nitrogen functional groups attached to an aromatic ring is 2. The fourth-order valence-corrected chi connectivity index (χ4v) is 3.28. The molecule has 0 radical (unpaired) electrons. The van der Waals surface area contributed by atoms with E-state index in [4.69, 9.17) is 43.5 Å². The molecule has 0 spiro atoms. The highest BCUT2D eigenvalue weighted by atomic mass is 35.5. The molecule has 1 atom stereocenters. The number of nitriles is 2. The fourth-order valence-electron chi connectivity index (χ4n) is 3.00. The van der Waals surface area contributed by atoms with Gasteiger partial charge in [-0.2, -0.15) is 10.5 Å². The molecule has 1 unspecified atom stereocenters. The number of amides is 1. The highest BCUT2D eigenvalue weighted by Gasteiger charge is 2.31. The summed E-state index contributed by atoms with van der Waals surface area (Å²) in [6.07, 6.45) is 1.76. The molecule has 1 aromatic carbocycles. The summed E-state index contributed by atoms with van der Waals surface area (Å²) in [7, 11) is 1.39. The average molecular weight is 442 g/mol. The van der Waals surface area contributed by atoms with Crippen LogP contribution in [0.15, 0.2) is 17.1 Å². The number of aromatic nitrogens is 1. The number of carbonyl (C=O) groups excluding carboxylic acids is 1. The van der Waals surface area contributed by atoms with Gasteiger partial charge in [-0.3, -0.25) is 10.1 Å². The van der Waals surface area contributed by atoms with Crippen LogP contribution in [0.3, 0.4) is 0 Å². The number of aliphatic imine (C=N–C) groups is 1. The number of fused-ring (bicyclic) bond motifs is 1. The second-order valence-electron chi connectivity index (χ2n) is 6.19. The molecule has 13 heteroatoms. The third-order valence-electron chi connectivity index (χ3n) is 4.28. The Morgan fingerprint density at radius 2 is 2.13 bits per heavy atom. The summed E-state index contributed by atoms with van der Waals surface area (Å²) in [6, 6.07) is 4.18. The van der Waals surface area contributed by atoms with E-state index in [1.54, 1.807) is 12.3 Å². The number of guanidine groups is 1. The van der Waals surface area contributed by atoms with Crippen molar-refractivity contribution in [2.45, 2.75) is 6.04 Å². The van der Waals surface area contributed by atoms with Crippen LogP contribution in [0.25, 0.3) is 0 Å². The Morgan fingerprint density at radius 3 is 2.74 bits per heavy atom. The van der Waals surface area contributed by atoms with Gasteiger partial charge in [0.25, 0.3) is 5.91 Å². The van der Waals surface area contributed by atoms with Gasteiger partial charge in [0.05, 0.1) is 17.8 Å². The molecule has 2 aromatic rings. The molecule has 1 aromatic heterocycles. The van der Waals surface area contributed by atoms with Crippen LogP contribution in [0.1, 0.15) is 22.7 Å². The number of rotatable bonds is 5. The van der Waals surface area contributed by atoms with Crippen molar-refractivity contribution >= 4 is 40.8 Å². The number of benzene rings is 1. The molecule has 8 N–H and O–H groups in total. The number of nitrogens with one attached hydrogen (secondary N) is 2. The van der Waals surface area contributed by atoms with Crippen LogP contribution < -0.4 is 37.3 Å². The van der Waals surface area contributed by atoms with Gasteiger partial charge in [-0.25, -0.2) is 9.98 Å². The van der Waals surface area contributed by atoms with Crippen LogP contribution in [0.5, 0.6) is 11.5 Å². The molecular weight excluding hydrogens is 426 g/mol. The minimum Gasteiger partial charge on any atom is -0.493 e. The van der Waals surface area contributed by atoms with Gasteiger partial charge >= 0.3 is 0 Å². The molecule has 0 saturated carbocycles. The largest absolute Gasteiger partial charge is 0.493 e. The molecule has 12 nitrogen and oxygen atoms in total. The minimum atomic E-state index is -0.830. The number of halogens is 1. The van der Waals surface area contributed by atoms with Crippen LogP contribution in [0.2, 0.25) is 5.02 Å². The van der Waals surface area contributed by atoms with Crippen LogP contribution >= 0.6 is 11.6 Å². The number of ether oxygens (including phenoxy) is 2. The standard InChI is InChI=1S/C18H16ClN9O3/c1-30-10-3-7(2-9(19)15(10)31-5-11(22)29)14-12-13(23)8(4-20)16(24)27-17(12)28-18(26-14)25-6-21/h2-3,14H,5H2,1H3,(H2,22,29)(H6,23,24,25,26,27,28). The lowest BCUT2D eigenvalue weighted by Gasteiger charge is -2.26. The van der Waals surface area contributed by atoms with E-state index in [-0.39, 0.29) is 45.4 Å². The Hall–Kier alpha value is -4.42. The zero-order valence-electron chi connectivity index (χ0n) is 16.1. The van der Waals surface area contributed by atoms with Crippen molar-refractivity contribution < 1.29 is 14.3 Å². The lowest BCUT2D eigenvalue weighted by Crippen LogP contribution is -2.32. The summed E-state index contributed by atoms with van der Waals surface area (Å²) < 4.78 is 10.7. The van der Waals surface area contributed by atoms with Gasteiger partial charge in [-0.1, -0.05) is 11.6 Å². The van der Waals surface area contributed by atoms with Crippen molar-refractivity contribution in [1.82, 2.24) is 10.3 Å². The average Bonchev–Trinajstić information content (AvgIpc) is 2.72. The second kappa shape index (κ2) is 8.52. The maximum absolute atomic E-state index is 11.1. The third-order valence-corrected chi connectivity index (χ3v) is 4.56. The van der Waals surface area contributed by atoms with Crippen LogP contribution in [-0.2, 0) is 4.79 Å². The van der Waals surface area contributed by atoms with E-state index in [2.05, 4.69) is 20.6 Å². The first kappa shape index (κ1) is 21.3. The normalized spacial score (nSPS) is 14.2. The lowest BCUT2D eigenvalue weighted by molar-refractivity contribution is -0.119. The van der Waals surface area contributed by atoms with Gasteiger partial charge in [-0.15, -0.1) is 0 Å². The van der Waals surface area contributed by atoms with Crippen molar-refractivity contribution in [3.05, 3.63) is 33.8 Å². The first-order valence-electron chi connectivity index (χ1n) is 8.58. The number of primary amides is 1. The Bertz CT molecular complexity index is 1180. The van der Waals surface area contributed by atoms with Crippen molar-refractivity contribution in [2.75, 3.05) is 30.5 Å². The zero-order valence-corrected chi connectivity index (χ0v) is 16.8. The number of pyridine rings is 1. The number of hydrogen-bond acceptors (Lipinski definition) is 11. The number of methoxy groups -OCH3 is 1. The van der Waals surface area contributed by atoms with E-state index in [9.17, 15) is 10.1 Å². The predicted molar refractivity (Wildman–Crippen MR) is 112 cm³/mol. The van der Waals surface area contributed by atoms with E-state index in [1.165, 1.54) is 13.2 Å². The molecule has 1 amide bonds. The third kappa shape index (κ3) is 4.01. The lowest BCUT2D eigenvalue weighted by atomic mass is 9.95. The summed E-state index contributed by atoms with van der Waals surface area (Å²) in [4.78, 5) is 19.7. The maximum Gasteiger partial charge on any atom is 0.255 e. The molecule has 1 aliphatic rings. The van der Waals surface area contributed by atoms with E-state index in [0.29, 0.717) is 11.1 Å². The van der Waals surface area contributed by atoms with Crippen molar-refractivity contribution in [3.8, 4) is 23.8 Å². The summed E-state index contributed by atoms with van der Waals surface area (Å²) in [5.41, 5.74) is 18.1. The van der Waals surface area contributed by atoms with Crippen molar-refractivity contribution in [1.29, 1.82) is 10.5 Å². The molecule has 0 fully saturated rings. The summed E-state index contributed by atoms with van der Waals surface area (Å²) in [6.45, 7) is -0.401. The zero-order chi connectivity index (χ0) is 22.7. The van der Waals surface area contributed by atoms with E-state index in [0.717, 1.165) is 0 Å². The predicted octanol–water partition coefficient (Wildman–Crippen LogP) is 0.585. The minimum absolute atomic E-state index is 0.00286. The van der Waals surface area contributed by atoms with Crippen molar-refractivity contribution in [3.63, 3.8) is 0 Å². The number of nitrogens with zero attached hydrogens (tertiary/aromatic N) is 4. The van der Waals surface area contributed by atoms with Crippen LogP contribution in [-0.4, -0.2) is 30.6 Å². The number of carbonyl (C=O) groups is 1. The van der Waals surface area contributed by atoms with Crippen LogP contribution in [0, 0.1) is 22.8 Å². The topological polar surface area (TPSA) is 210 Å². The fraction of sp³-hybridized carbons (Fsp3) is 0.167. The molecular formula is C18H16ClN9O3. The van der Waals surface area contributed by atoms with Gasteiger partial charge in [0, 0.05) is 5.56 Å². The highest BCUT2D eigenvalue weighted by Crippen LogP contribution is 2.44. The van der Waals surface area contributed by atoms with E-state index >= 15 is 0 Å². The maximum atomic E-state index is 11.1. The van der Waals surface area contributed by atoms with Crippen molar-refractivity contribution in [2.24, 2.45) is 10.7 Å². The summed E-state index contributed by atoms with van der Waals surface area (Å²) in [5.74, 6) is -0.144. The highest BCUT2D eigenvalue weighted by molar-refractivity contribution is 6.32. The van der Waals surface area contributed by atoms with E-state index < -0.39 is 18.6 Å². The number of anilines is 3. The molecule has 158 valence electrons. The Balaban J connectivity index is 2.20. The Morgan fingerprint density at radius 1 is 1.39 bits per heavy atom. The molecule has 0 saturated heterocycles. The SMILES string of the molecule is COc1cc(C2N=C(NC#N)Nc3nc(N)c(C#N)c(N)c32)cc(Cl)c1OCC(N)=O. The summed E-state index contributed by atoms with van der Waals surface area (Å²) >= 11 is 6.36. The molecule has 2 heterocycles. The first-order valence-corrected chi connectivity index (χ1v) is 8.95. The Kier molecular flexibility index (Phi) is 5.85. The van der Waals surface area contributed by atoms with Gasteiger partial charge in [0.15, 0.2) is 24.3 Å². The Labute approximate surface area is 181 Å². The van der Waals surface area contributed by atoms with Crippen LogP contribution in [0.4, 0.5) is 17.3 Å². The first-order chi connectivity index (χ1) is 14.8. The van der Waals surface area contributed by atoms with Gasteiger partial charge in [0.2, 0.25) is 5.96 Å². The monoisotopic (exact) mass is 441 g/mol. The van der Waals surface area contributed by atoms with E-state index in [1.807, 2.05) is 6.07 Å². The summed E-state index contributed by atoms with van der Waals surface area (Å²) in [5, 5.41) is 23.7. The van der Waals surface area contributed by atoms with Gasteiger partial charge < -0.3 is 32.0 Å². The molecule has 0 bridgehead atoms. The number of nitrogens with two attached hydrogens (primary N) is 3. The second-order valence-corrected chi connectivity index (χ2v) is 6.60. The quantitative estimate of drug-likeness (QED) is 0.321. The van der Waals surface area contributed by atoms with Gasteiger partial charge in [-0.05, 0) is 17.7 Å². The molecule has 1 aliphatic heterocycles. The molecule has 3 rings (SSSR count). The smallest absolute Gasteiger partial charge is 0.255 e.